The molecule has 4 heterocycles. The summed E-state index contributed by atoms with van der Waals surface area (Å²) in [6.45, 7) is -0.702. The van der Waals surface area contributed by atoms with Crippen molar-refractivity contribution >= 4 is 98.3 Å². The van der Waals surface area contributed by atoms with Gasteiger partial charge in [-0.15, -0.1) is 28.2 Å². The largest absolute Gasteiger partial charge is 0.504 e. The number of oxime groups is 1. The van der Waals surface area contributed by atoms with Crippen molar-refractivity contribution in [1.82, 2.24) is 35.4 Å². The molecule has 236 valence electrons. The number of thioether (sulfide) groups is 2. The number of carboxylic acid groups (broad SMARTS) is 1. The van der Waals surface area contributed by atoms with Gasteiger partial charge < -0.3 is 31.4 Å². The number of carboxylic acids is 1. The summed E-state index contributed by atoms with van der Waals surface area (Å²) in [6.07, 6.45) is 0. The number of aliphatic carboxylic acids is 1. The Balaban J connectivity index is 1.27. The first kappa shape index (κ1) is 32.3. The van der Waals surface area contributed by atoms with E-state index in [2.05, 4.69) is 36.3 Å². The lowest BCUT2D eigenvalue weighted by Gasteiger charge is -2.49. The lowest BCUT2D eigenvalue weighted by molar-refractivity contribution is -0.150. The minimum absolute atomic E-state index is 0.0123. The highest BCUT2D eigenvalue weighted by atomic mass is 35.5. The zero-order chi connectivity index (χ0) is 32.4. The molecular weight excluding hydrogens is 695 g/mol. The number of thiazole rings is 1. The fraction of sp³-hybridized carbons (Fsp3) is 0.261. The van der Waals surface area contributed by atoms with Crippen LogP contribution in [0.15, 0.2) is 39.1 Å². The number of amides is 3. The number of tetrazole rings is 1. The van der Waals surface area contributed by atoms with Crippen molar-refractivity contribution in [3.8, 4) is 5.75 Å². The SMILES string of the molecule is Cn1nnnc1SCC1=C(C(=O)O)N2C(=O)C(NC(=O)C(=NOCC(=O)Nc3cc(Cl)cc(Cl)c3O)c3csc(N)n3)[C@H]2SC1. The van der Waals surface area contributed by atoms with Gasteiger partial charge in [0.05, 0.1) is 10.7 Å². The van der Waals surface area contributed by atoms with Crippen LogP contribution >= 0.6 is 58.1 Å². The van der Waals surface area contributed by atoms with Gasteiger partial charge in [0.2, 0.25) is 5.16 Å². The Labute approximate surface area is 275 Å². The predicted molar refractivity (Wildman–Crippen MR) is 165 cm³/mol. The van der Waals surface area contributed by atoms with Gasteiger partial charge in [0.1, 0.15) is 22.8 Å². The second kappa shape index (κ2) is 13.5. The number of aryl methyl sites for hydroxylation is 1. The molecule has 0 aliphatic carbocycles. The maximum Gasteiger partial charge on any atom is 0.352 e. The molecule has 1 saturated heterocycles. The first-order valence-corrected chi connectivity index (χ1v) is 16.1. The Kier molecular flexibility index (Phi) is 9.68. The fourth-order valence-electron chi connectivity index (χ4n) is 4.10. The Morgan fingerprint density at radius 3 is 2.76 bits per heavy atom. The van der Waals surface area contributed by atoms with Crippen LogP contribution in [0.5, 0.6) is 5.75 Å². The number of fused-ring (bicyclic) bond motifs is 1. The third-order valence-electron chi connectivity index (χ3n) is 6.13. The number of nitrogens with one attached hydrogen (secondary N) is 2. The molecule has 0 spiro atoms. The van der Waals surface area contributed by atoms with Crippen molar-refractivity contribution in [1.29, 1.82) is 0 Å². The van der Waals surface area contributed by atoms with Crippen LogP contribution in [0.4, 0.5) is 10.8 Å². The minimum Gasteiger partial charge on any atom is -0.504 e. The van der Waals surface area contributed by atoms with Crippen molar-refractivity contribution in [2.75, 3.05) is 29.2 Å². The number of nitrogens with zero attached hydrogens (tertiary/aromatic N) is 7. The van der Waals surface area contributed by atoms with E-state index in [1.54, 1.807) is 7.05 Å². The van der Waals surface area contributed by atoms with Crippen LogP contribution in [-0.4, -0.2) is 99.2 Å². The Hall–Kier alpha value is -4.11. The molecule has 2 aliphatic heterocycles. The van der Waals surface area contributed by atoms with Gasteiger partial charge in [0.15, 0.2) is 23.2 Å². The Morgan fingerprint density at radius 2 is 2.09 bits per heavy atom. The summed E-state index contributed by atoms with van der Waals surface area (Å²) >= 11 is 15.3. The standard InChI is InChI=1S/C23H20Cl2N10O7S3/c1-34-23(30-32-33-34)45-6-8-5-43-20-15(19(39)35(20)16(8)21(40)41)29-18(38)14(12-7-44-22(26)28-12)31-42-4-13(36)27-11-3-9(24)2-10(25)17(11)37/h2-3,7,15,20,37H,4-6H2,1H3,(H2,26,28)(H,27,36)(H,29,38)(H,40,41)/t15?,20-/m1/s1. The number of phenolic OH excluding ortho intramolecular Hbond substituents is 1. The third kappa shape index (κ3) is 6.93. The van der Waals surface area contributed by atoms with E-state index in [-0.39, 0.29) is 49.5 Å². The maximum absolute atomic E-state index is 13.3. The van der Waals surface area contributed by atoms with E-state index in [1.165, 1.54) is 45.7 Å². The number of carbonyl (C=O) groups is 4. The van der Waals surface area contributed by atoms with E-state index in [4.69, 9.17) is 33.8 Å². The van der Waals surface area contributed by atoms with Gasteiger partial charge in [-0.05, 0) is 28.1 Å². The zero-order valence-electron chi connectivity index (χ0n) is 22.6. The second-order valence-corrected chi connectivity index (χ2v) is 12.9. The summed E-state index contributed by atoms with van der Waals surface area (Å²) < 4.78 is 1.44. The number of hydrogen-bond donors (Lipinski definition) is 5. The molecule has 2 atom stereocenters. The first-order valence-electron chi connectivity index (χ1n) is 12.4. The number of anilines is 2. The van der Waals surface area contributed by atoms with Crippen LogP contribution < -0.4 is 16.4 Å². The van der Waals surface area contributed by atoms with Crippen molar-refractivity contribution in [2.45, 2.75) is 16.6 Å². The van der Waals surface area contributed by atoms with E-state index in [0.717, 1.165) is 16.2 Å². The molecule has 0 saturated carbocycles. The maximum atomic E-state index is 13.3. The first-order chi connectivity index (χ1) is 21.4. The third-order valence-corrected chi connectivity index (χ3v) is 9.74. The smallest absolute Gasteiger partial charge is 0.352 e. The van der Waals surface area contributed by atoms with Crippen LogP contribution in [0.3, 0.4) is 0 Å². The Morgan fingerprint density at radius 1 is 1.31 bits per heavy atom. The number of nitrogens with two attached hydrogens (primary N) is 1. The number of phenols is 1. The summed E-state index contributed by atoms with van der Waals surface area (Å²) in [7, 11) is 1.65. The van der Waals surface area contributed by atoms with E-state index in [9.17, 15) is 29.4 Å². The summed E-state index contributed by atoms with van der Waals surface area (Å²) in [4.78, 5) is 61.3. The lowest BCUT2D eigenvalue weighted by Crippen LogP contribution is -2.71. The average molecular weight is 716 g/mol. The molecule has 2 aliphatic rings. The van der Waals surface area contributed by atoms with Crippen LogP contribution in [0.25, 0.3) is 0 Å². The number of hydrogen-bond acceptors (Lipinski definition) is 15. The summed E-state index contributed by atoms with van der Waals surface area (Å²) in [5, 5.41) is 41.2. The van der Waals surface area contributed by atoms with Crippen molar-refractivity contribution in [2.24, 2.45) is 12.2 Å². The molecule has 1 aromatic carbocycles. The number of benzene rings is 1. The number of rotatable bonds is 11. The van der Waals surface area contributed by atoms with Crippen LogP contribution in [0, 0.1) is 0 Å². The summed E-state index contributed by atoms with van der Waals surface area (Å²) in [6, 6.07) is 1.47. The quantitative estimate of drug-likeness (QED) is 0.0616. The van der Waals surface area contributed by atoms with Crippen LogP contribution in [-0.2, 0) is 31.1 Å². The molecule has 1 unspecified atom stereocenters. The molecule has 45 heavy (non-hydrogen) atoms. The highest BCUT2D eigenvalue weighted by molar-refractivity contribution is 8.01. The van der Waals surface area contributed by atoms with Gasteiger partial charge in [-0.3, -0.25) is 19.3 Å². The molecule has 22 heteroatoms. The molecule has 2 aromatic heterocycles. The molecule has 0 bridgehead atoms. The lowest BCUT2D eigenvalue weighted by atomic mass is 10.0. The van der Waals surface area contributed by atoms with E-state index < -0.39 is 47.5 Å². The van der Waals surface area contributed by atoms with Crippen LogP contribution in [0.1, 0.15) is 5.69 Å². The highest BCUT2D eigenvalue weighted by Crippen LogP contribution is 2.41. The van der Waals surface area contributed by atoms with Gasteiger partial charge >= 0.3 is 5.97 Å². The second-order valence-electron chi connectivity index (χ2n) is 9.11. The molecule has 1 fully saturated rings. The van der Waals surface area contributed by atoms with E-state index in [0.29, 0.717) is 10.7 Å². The average Bonchev–Trinajstić information content (AvgIpc) is 3.61. The molecule has 0 radical (unpaired) electrons. The number of aromatic hydroxyl groups is 1. The van der Waals surface area contributed by atoms with Gasteiger partial charge in [-0.2, -0.15) is 0 Å². The topological polar surface area (TPSA) is 240 Å². The van der Waals surface area contributed by atoms with Gasteiger partial charge in [-0.25, -0.2) is 14.5 Å². The number of halogens is 2. The number of β-lactam (4-membered cyclic amide) rings is 1. The molecule has 17 nitrogen and oxygen atoms in total. The zero-order valence-corrected chi connectivity index (χ0v) is 26.6. The van der Waals surface area contributed by atoms with Crippen LogP contribution in [0.2, 0.25) is 10.0 Å². The van der Waals surface area contributed by atoms with E-state index in [1.807, 2.05) is 0 Å². The van der Waals surface area contributed by atoms with Gasteiger partial charge in [0, 0.05) is 29.0 Å². The van der Waals surface area contributed by atoms with Crippen molar-refractivity contribution < 1.29 is 34.2 Å². The monoisotopic (exact) mass is 714 g/mol. The summed E-state index contributed by atoms with van der Waals surface area (Å²) in [5.41, 5.74) is 5.60. The van der Waals surface area contributed by atoms with Gasteiger partial charge in [-0.1, -0.05) is 40.1 Å². The molecule has 6 N–H and O–H groups in total. The summed E-state index contributed by atoms with van der Waals surface area (Å²) in [5.74, 6) is -3.49. The highest BCUT2D eigenvalue weighted by Gasteiger charge is 2.54. The normalized spacial score (nSPS) is 17.9. The number of aromatic nitrogens is 5. The van der Waals surface area contributed by atoms with E-state index >= 15 is 0 Å². The minimum atomic E-state index is -1.29. The van der Waals surface area contributed by atoms with Crippen molar-refractivity contribution in [3.05, 3.63) is 44.5 Å². The number of nitrogen functional groups attached to an aromatic ring is 1. The van der Waals surface area contributed by atoms with Gasteiger partial charge in [0.25, 0.3) is 17.7 Å². The molecule has 5 rings (SSSR count). The number of carbonyl (C=O) groups excluding carboxylic acids is 3. The Bertz CT molecular complexity index is 1760. The fourth-order valence-corrected chi connectivity index (χ4v) is 7.48. The van der Waals surface area contributed by atoms with Crippen molar-refractivity contribution in [3.63, 3.8) is 0 Å². The predicted octanol–water partition coefficient (Wildman–Crippen LogP) is 1.15. The molecular formula is C23H20Cl2N10O7S3. The molecule has 3 amide bonds. The molecule has 3 aromatic rings.